The molecule has 0 radical (unpaired) electrons. The van der Waals surface area contributed by atoms with E-state index in [1.165, 1.54) is 109 Å². The molecule has 7 nitrogen and oxygen atoms in total. The Hall–Kier alpha value is -1.89. The zero-order valence-corrected chi connectivity index (χ0v) is 32.3. The van der Waals surface area contributed by atoms with Gasteiger partial charge in [-0.1, -0.05) is 148 Å². The normalized spacial score (nSPS) is 12.7. The number of hydrogen-bond donors (Lipinski definition) is 3. The van der Waals surface area contributed by atoms with E-state index in [9.17, 15) is 19.5 Å². The van der Waals surface area contributed by atoms with Crippen LogP contribution in [0.1, 0.15) is 219 Å². The van der Waals surface area contributed by atoms with Crippen molar-refractivity contribution in [3.8, 4) is 0 Å². The molecule has 0 aliphatic carbocycles. The Morgan fingerprint density at radius 2 is 1.02 bits per heavy atom. The van der Waals surface area contributed by atoms with Crippen molar-refractivity contribution in [2.24, 2.45) is 5.73 Å². The van der Waals surface area contributed by atoms with E-state index in [2.05, 4.69) is 31.3 Å². The topological polar surface area (TPSA) is 119 Å². The maximum Gasteiger partial charge on any atom is 0.326 e. The van der Waals surface area contributed by atoms with Gasteiger partial charge in [-0.25, -0.2) is 4.79 Å². The summed E-state index contributed by atoms with van der Waals surface area (Å²) in [6.07, 6.45) is 39.7. The first-order valence-electron chi connectivity index (χ1n) is 21.0. The lowest BCUT2D eigenvalue weighted by molar-refractivity contribution is -0.150. The van der Waals surface area contributed by atoms with Crippen LogP contribution < -0.4 is 11.1 Å². The molecule has 2 atom stereocenters. The first-order valence-corrected chi connectivity index (χ1v) is 21.0. The summed E-state index contributed by atoms with van der Waals surface area (Å²) in [5, 5.41) is 11.9. The summed E-state index contributed by atoms with van der Waals surface area (Å²) >= 11 is 0. The molecule has 0 saturated heterocycles. The molecule has 0 aromatic carbocycles. The molecule has 0 spiro atoms. The number of ether oxygens (including phenoxy) is 1. The van der Waals surface area contributed by atoms with Crippen LogP contribution in [0.4, 0.5) is 0 Å². The van der Waals surface area contributed by atoms with Crippen LogP contribution in [-0.4, -0.2) is 41.6 Å². The van der Waals surface area contributed by atoms with E-state index in [1.54, 1.807) is 0 Å². The van der Waals surface area contributed by atoms with Gasteiger partial charge in [0, 0.05) is 12.8 Å². The van der Waals surface area contributed by atoms with Crippen molar-refractivity contribution < 1.29 is 24.2 Å². The maximum atomic E-state index is 12.7. The van der Waals surface area contributed by atoms with Crippen molar-refractivity contribution >= 4 is 17.8 Å². The number of allylic oxidation sites excluding steroid dienone is 2. The Balaban J connectivity index is 4.35. The van der Waals surface area contributed by atoms with Crippen molar-refractivity contribution in [3.05, 3.63) is 12.2 Å². The van der Waals surface area contributed by atoms with Gasteiger partial charge in [-0.3, -0.25) is 9.59 Å². The Labute approximate surface area is 302 Å². The quantitative estimate of drug-likeness (QED) is 0.0337. The van der Waals surface area contributed by atoms with Crippen LogP contribution in [0, 0.1) is 0 Å². The van der Waals surface area contributed by atoms with Crippen molar-refractivity contribution in [1.29, 1.82) is 0 Å². The molecule has 0 bridgehead atoms. The molecule has 0 aliphatic rings. The number of nitrogens with one attached hydrogen (secondary N) is 1. The summed E-state index contributed by atoms with van der Waals surface area (Å²) in [4.78, 5) is 36.3. The number of carboxylic acid groups (broad SMARTS) is 1. The molecule has 288 valence electrons. The average Bonchev–Trinajstić information content (AvgIpc) is 3.08. The summed E-state index contributed by atoms with van der Waals surface area (Å²) < 4.78 is 6.01. The highest BCUT2D eigenvalue weighted by molar-refractivity contribution is 5.83. The lowest BCUT2D eigenvalue weighted by Crippen LogP contribution is -2.40. The van der Waals surface area contributed by atoms with Gasteiger partial charge in [0.1, 0.15) is 12.1 Å². The van der Waals surface area contributed by atoms with Crippen LogP contribution in [0.5, 0.6) is 0 Å². The van der Waals surface area contributed by atoms with E-state index < -0.39 is 12.0 Å². The average molecular weight is 693 g/mol. The van der Waals surface area contributed by atoms with Crippen LogP contribution in [0.2, 0.25) is 0 Å². The summed E-state index contributed by atoms with van der Waals surface area (Å²) in [6, 6.07) is -0.855. The van der Waals surface area contributed by atoms with Gasteiger partial charge in [0.2, 0.25) is 5.91 Å². The van der Waals surface area contributed by atoms with Gasteiger partial charge < -0.3 is 20.9 Å². The number of esters is 1. The second kappa shape index (κ2) is 37.4. The molecule has 0 aromatic rings. The highest BCUT2D eigenvalue weighted by atomic mass is 16.5. The minimum absolute atomic E-state index is 0.0102. The fourth-order valence-corrected chi connectivity index (χ4v) is 6.39. The monoisotopic (exact) mass is 693 g/mol. The smallest absolute Gasteiger partial charge is 0.326 e. The van der Waals surface area contributed by atoms with Crippen LogP contribution in [0.15, 0.2) is 12.2 Å². The third kappa shape index (κ3) is 34.3. The number of rotatable bonds is 38. The number of unbranched alkanes of at least 4 members (excludes halogenated alkanes) is 22. The molecule has 2 unspecified atom stereocenters. The van der Waals surface area contributed by atoms with Crippen molar-refractivity contribution in [2.45, 2.75) is 231 Å². The summed E-state index contributed by atoms with van der Waals surface area (Å²) in [6.45, 7) is 4.94. The third-order valence-corrected chi connectivity index (χ3v) is 9.58. The molecular formula is C42H80N2O5. The molecule has 4 N–H and O–H groups in total. The van der Waals surface area contributed by atoms with Crippen LogP contribution in [-0.2, 0) is 19.1 Å². The first kappa shape index (κ1) is 47.1. The van der Waals surface area contributed by atoms with Crippen LogP contribution >= 0.6 is 0 Å². The number of nitrogens with two attached hydrogens (primary N) is 1. The Bertz CT molecular complexity index is 787. The zero-order chi connectivity index (χ0) is 36.0. The van der Waals surface area contributed by atoms with Gasteiger partial charge in [-0.15, -0.1) is 0 Å². The molecule has 0 fully saturated rings. The molecule has 0 aliphatic heterocycles. The molecule has 49 heavy (non-hydrogen) atoms. The van der Waals surface area contributed by atoms with Gasteiger partial charge in [0.25, 0.3) is 0 Å². The van der Waals surface area contributed by atoms with Gasteiger partial charge in [0.05, 0.1) is 0 Å². The zero-order valence-electron chi connectivity index (χ0n) is 32.3. The number of carboxylic acids is 1. The summed E-state index contributed by atoms with van der Waals surface area (Å²) in [5.74, 6) is -1.24. The van der Waals surface area contributed by atoms with Crippen LogP contribution in [0.25, 0.3) is 0 Å². The summed E-state index contributed by atoms with van der Waals surface area (Å²) in [5.41, 5.74) is 5.48. The second-order valence-electron chi connectivity index (χ2n) is 14.4. The number of aliphatic carboxylic acids is 1. The predicted molar refractivity (Wildman–Crippen MR) is 207 cm³/mol. The van der Waals surface area contributed by atoms with E-state index in [-0.39, 0.29) is 18.0 Å². The lowest BCUT2D eigenvalue weighted by Gasteiger charge is -2.18. The van der Waals surface area contributed by atoms with Gasteiger partial charge in [0.15, 0.2) is 0 Å². The standard InChI is InChI=1S/C42H80N2O5/c1-3-5-7-9-11-13-15-16-17-18-20-23-27-32-38(49-41(46)36-30-26-21-19-14-12-10-8-6-4-2)33-28-24-22-25-29-35-40(45)44-39(42(47)48)34-31-37-43/h18,20,38-39H,3-17,19,21-37,43H2,1-2H3,(H,44,45)(H,47,48)/b20-18-. The second-order valence-corrected chi connectivity index (χ2v) is 14.4. The van der Waals surface area contributed by atoms with Crippen molar-refractivity contribution in [2.75, 3.05) is 6.54 Å². The van der Waals surface area contributed by atoms with E-state index in [4.69, 9.17) is 10.5 Å². The Morgan fingerprint density at radius 1 is 0.571 bits per heavy atom. The SMILES string of the molecule is CCCCCCCCCC/C=C\CCCC(CCCCCCCC(=O)NC(CCCN)C(=O)O)OC(=O)CCCCCCCCCCCC. The molecule has 7 heteroatoms. The number of carbonyl (C=O) groups is 3. The molecule has 0 rings (SSSR count). The highest BCUT2D eigenvalue weighted by Crippen LogP contribution is 2.18. The van der Waals surface area contributed by atoms with Crippen molar-refractivity contribution in [3.63, 3.8) is 0 Å². The molecular weight excluding hydrogens is 612 g/mol. The lowest BCUT2D eigenvalue weighted by atomic mass is 10.0. The third-order valence-electron chi connectivity index (χ3n) is 9.58. The van der Waals surface area contributed by atoms with E-state index >= 15 is 0 Å². The van der Waals surface area contributed by atoms with E-state index in [1.807, 2.05) is 0 Å². The maximum absolute atomic E-state index is 12.7. The van der Waals surface area contributed by atoms with E-state index in [0.29, 0.717) is 32.2 Å². The van der Waals surface area contributed by atoms with Gasteiger partial charge >= 0.3 is 11.9 Å². The number of amides is 1. The number of hydrogen-bond acceptors (Lipinski definition) is 5. The van der Waals surface area contributed by atoms with Crippen molar-refractivity contribution in [1.82, 2.24) is 5.32 Å². The number of carbonyl (C=O) groups excluding carboxylic acids is 2. The fourth-order valence-electron chi connectivity index (χ4n) is 6.39. The summed E-state index contributed by atoms with van der Waals surface area (Å²) in [7, 11) is 0. The van der Waals surface area contributed by atoms with E-state index in [0.717, 1.165) is 70.6 Å². The minimum Gasteiger partial charge on any atom is -0.480 e. The predicted octanol–water partition coefficient (Wildman–Crippen LogP) is 11.5. The van der Waals surface area contributed by atoms with Gasteiger partial charge in [-0.05, 0) is 77.2 Å². The largest absolute Gasteiger partial charge is 0.480 e. The molecule has 0 heterocycles. The minimum atomic E-state index is -1.00. The fraction of sp³-hybridized carbons (Fsp3) is 0.881. The van der Waals surface area contributed by atoms with Crippen LogP contribution in [0.3, 0.4) is 0 Å². The Kier molecular flexibility index (Phi) is 35.9. The molecule has 1 amide bonds. The van der Waals surface area contributed by atoms with Gasteiger partial charge in [-0.2, -0.15) is 0 Å². The Morgan fingerprint density at radius 3 is 1.55 bits per heavy atom. The highest BCUT2D eigenvalue weighted by Gasteiger charge is 2.19. The molecule has 0 aromatic heterocycles. The molecule has 0 saturated carbocycles. The first-order chi connectivity index (χ1) is 23.9.